The third kappa shape index (κ3) is 3.69. The maximum absolute atomic E-state index is 12.8. The zero-order valence-electron chi connectivity index (χ0n) is 18.0. The fourth-order valence-corrected chi connectivity index (χ4v) is 6.20. The molecule has 1 aliphatic carbocycles. The summed E-state index contributed by atoms with van der Waals surface area (Å²) in [5, 5.41) is 3.35. The van der Waals surface area contributed by atoms with Gasteiger partial charge in [0.2, 0.25) is 16.0 Å². The van der Waals surface area contributed by atoms with Crippen molar-refractivity contribution >= 4 is 27.1 Å². The number of hydrogen-bond donors (Lipinski definition) is 1. The molecule has 0 amide bonds. The van der Waals surface area contributed by atoms with Crippen molar-refractivity contribution in [2.24, 2.45) is 7.05 Å². The maximum Gasteiger partial charge on any atom is 0.330 e. The third-order valence-corrected chi connectivity index (χ3v) is 8.46. The van der Waals surface area contributed by atoms with Gasteiger partial charge in [0, 0.05) is 44.6 Å². The van der Waals surface area contributed by atoms with Gasteiger partial charge in [0.25, 0.3) is 0 Å². The molecule has 4 heterocycles. The number of anilines is 1. The van der Waals surface area contributed by atoms with Crippen LogP contribution >= 0.6 is 0 Å². The molecule has 0 bridgehead atoms. The number of pyridine rings is 1. The van der Waals surface area contributed by atoms with E-state index < -0.39 is 10.0 Å². The van der Waals surface area contributed by atoms with Crippen molar-refractivity contribution in [3.8, 4) is 0 Å². The van der Waals surface area contributed by atoms with E-state index in [1.165, 1.54) is 10.5 Å². The van der Waals surface area contributed by atoms with Crippen molar-refractivity contribution in [1.29, 1.82) is 0 Å². The molecule has 11 heteroatoms. The minimum atomic E-state index is -3.53. The van der Waals surface area contributed by atoms with Crippen LogP contribution in [0.4, 0.5) is 5.95 Å². The lowest BCUT2D eigenvalue weighted by atomic mass is 10.1. The van der Waals surface area contributed by atoms with E-state index in [1.807, 2.05) is 4.57 Å². The smallest absolute Gasteiger partial charge is 0.330 e. The highest BCUT2D eigenvalue weighted by Gasteiger charge is 2.30. The predicted octanol–water partition coefficient (Wildman–Crippen LogP) is 1.91. The van der Waals surface area contributed by atoms with Crippen LogP contribution in [0.5, 0.6) is 0 Å². The molecular weight excluding hydrogens is 430 g/mol. The quantitative estimate of drug-likeness (QED) is 0.622. The lowest BCUT2D eigenvalue weighted by Gasteiger charge is -2.31. The molecule has 3 aromatic heterocycles. The Morgan fingerprint density at radius 3 is 2.53 bits per heavy atom. The Hall–Kier alpha value is -2.79. The summed E-state index contributed by atoms with van der Waals surface area (Å²) in [7, 11) is -1.78. The second kappa shape index (κ2) is 8.28. The van der Waals surface area contributed by atoms with Crippen molar-refractivity contribution in [2.75, 3.05) is 18.4 Å². The number of nitrogens with one attached hydrogen (secondary N) is 1. The van der Waals surface area contributed by atoms with Crippen LogP contribution in [-0.2, 0) is 17.1 Å². The molecule has 5 rings (SSSR count). The minimum absolute atomic E-state index is 0.0488. The van der Waals surface area contributed by atoms with Crippen molar-refractivity contribution in [1.82, 2.24) is 28.4 Å². The average molecular weight is 458 g/mol. The zero-order valence-corrected chi connectivity index (χ0v) is 18.8. The Kier molecular flexibility index (Phi) is 5.46. The molecule has 0 unspecified atom stereocenters. The van der Waals surface area contributed by atoms with E-state index in [0.717, 1.165) is 31.2 Å². The summed E-state index contributed by atoms with van der Waals surface area (Å²) < 4.78 is 30.5. The van der Waals surface area contributed by atoms with Gasteiger partial charge in [-0.05, 0) is 37.8 Å². The second-order valence-corrected chi connectivity index (χ2v) is 10.5. The van der Waals surface area contributed by atoms with E-state index in [2.05, 4.69) is 15.3 Å². The Labute approximate surface area is 186 Å². The average Bonchev–Trinajstić information content (AvgIpc) is 3.42. The van der Waals surface area contributed by atoms with Crippen LogP contribution in [0, 0.1) is 0 Å². The van der Waals surface area contributed by atoms with Gasteiger partial charge in [0.15, 0.2) is 5.65 Å². The first kappa shape index (κ1) is 21.1. The number of aryl methyl sites for hydroxylation is 1. The largest absolute Gasteiger partial charge is 0.351 e. The molecule has 32 heavy (non-hydrogen) atoms. The topological polar surface area (TPSA) is 115 Å². The Bertz CT molecular complexity index is 1270. The SMILES string of the molecule is Cn1c(=O)n(C2CCCC2)c2nc(NC3CCN(S(=O)(=O)c4cccnc4)CC3)ncc21. The van der Waals surface area contributed by atoms with E-state index in [4.69, 9.17) is 4.98 Å². The van der Waals surface area contributed by atoms with E-state index in [0.29, 0.717) is 37.5 Å². The van der Waals surface area contributed by atoms with Gasteiger partial charge in [-0.3, -0.25) is 14.1 Å². The molecule has 2 fully saturated rings. The molecule has 0 spiro atoms. The van der Waals surface area contributed by atoms with E-state index in [9.17, 15) is 13.2 Å². The zero-order chi connectivity index (χ0) is 22.3. The molecule has 0 aromatic carbocycles. The highest BCUT2D eigenvalue weighted by atomic mass is 32.2. The number of hydrogen-bond acceptors (Lipinski definition) is 7. The van der Waals surface area contributed by atoms with Crippen LogP contribution in [-0.4, -0.2) is 55.9 Å². The fraction of sp³-hybridized carbons (Fsp3) is 0.524. The molecule has 1 N–H and O–H groups in total. The standard InChI is InChI=1S/C21H27N7O3S/c1-26-18-14-23-20(25-19(18)28(21(26)29)16-5-2-3-6-16)24-15-8-11-27(12-9-15)32(30,31)17-7-4-10-22-13-17/h4,7,10,13-16H,2-3,5-6,8-9,11-12H2,1H3,(H,23,24,25). The van der Waals surface area contributed by atoms with Crippen LogP contribution in [0.1, 0.15) is 44.6 Å². The molecule has 10 nitrogen and oxygen atoms in total. The minimum Gasteiger partial charge on any atom is -0.351 e. The van der Waals surface area contributed by atoms with Gasteiger partial charge in [0.1, 0.15) is 10.4 Å². The lowest BCUT2D eigenvalue weighted by Crippen LogP contribution is -2.42. The summed E-state index contributed by atoms with van der Waals surface area (Å²) in [6.45, 7) is 0.824. The number of fused-ring (bicyclic) bond motifs is 1. The van der Waals surface area contributed by atoms with Crippen LogP contribution < -0.4 is 11.0 Å². The van der Waals surface area contributed by atoms with Gasteiger partial charge < -0.3 is 5.32 Å². The molecule has 1 saturated heterocycles. The van der Waals surface area contributed by atoms with Crippen LogP contribution in [0.15, 0.2) is 40.4 Å². The first-order chi connectivity index (χ1) is 15.4. The first-order valence-electron chi connectivity index (χ1n) is 11.1. The normalized spacial score (nSPS) is 19.0. The Morgan fingerprint density at radius 2 is 1.84 bits per heavy atom. The number of rotatable bonds is 5. The van der Waals surface area contributed by atoms with E-state index >= 15 is 0 Å². The summed E-state index contributed by atoms with van der Waals surface area (Å²) in [4.78, 5) is 26.0. The molecule has 1 saturated carbocycles. The lowest BCUT2D eigenvalue weighted by molar-refractivity contribution is 0.329. The van der Waals surface area contributed by atoms with Gasteiger partial charge in [-0.15, -0.1) is 0 Å². The van der Waals surface area contributed by atoms with Crippen molar-refractivity contribution < 1.29 is 8.42 Å². The molecule has 1 aliphatic heterocycles. The summed E-state index contributed by atoms with van der Waals surface area (Å²) in [5.41, 5.74) is 1.34. The highest BCUT2D eigenvalue weighted by Crippen LogP contribution is 2.30. The molecular formula is C21H27N7O3S. The van der Waals surface area contributed by atoms with Crippen LogP contribution in [0.25, 0.3) is 11.2 Å². The third-order valence-electron chi connectivity index (χ3n) is 6.58. The van der Waals surface area contributed by atoms with Gasteiger partial charge >= 0.3 is 5.69 Å². The molecule has 0 radical (unpaired) electrons. The predicted molar refractivity (Wildman–Crippen MR) is 120 cm³/mol. The van der Waals surface area contributed by atoms with Gasteiger partial charge in [-0.1, -0.05) is 12.8 Å². The highest BCUT2D eigenvalue weighted by molar-refractivity contribution is 7.89. The maximum atomic E-state index is 12.8. The van der Waals surface area contributed by atoms with Gasteiger partial charge in [0.05, 0.1) is 6.20 Å². The van der Waals surface area contributed by atoms with Crippen molar-refractivity contribution in [3.63, 3.8) is 0 Å². The van der Waals surface area contributed by atoms with Crippen LogP contribution in [0.2, 0.25) is 0 Å². The molecule has 170 valence electrons. The summed E-state index contributed by atoms with van der Waals surface area (Å²) >= 11 is 0. The number of imidazole rings is 1. The fourth-order valence-electron chi connectivity index (χ4n) is 4.77. The monoisotopic (exact) mass is 457 g/mol. The van der Waals surface area contributed by atoms with Gasteiger partial charge in [-0.2, -0.15) is 9.29 Å². The molecule has 0 atom stereocenters. The number of aromatic nitrogens is 5. The van der Waals surface area contributed by atoms with E-state index in [-0.39, 0.29) is 22.7 Å². The number of piperidine rings is 1. The van der Waals surface area contributed by atoms with Crippen molar-refractivity contribution in [3.05, 3.63) is 41.2 Å². The molecule has 2 aliphatic rings. The Morgan fingerprint density at radius 1 is 1.09 bits per heavy atom. The number of nitrogens with zero attached hydrogens (tertiary/aromatic N) is 6. The summed E-state index contributed by atoms with van der Waals surface area (Å²) in [5.74, 6) is 0.475. The number of sulfonamides is 1. The van der Waals surface area contributed by atoms with E-state index in [1.54, 1.807) is 36.1 Å². The summed E-state index contributed by atoms with van der Waals surface area (Å²) in [6, 6.07) is 3.45. The Balaban J connectivity index is 1.32. The van der Waals surface area contributed by atoms with Crippen molar-refractivity contribution in [2.45, 2.75) is 55.5 Å². The first-order valence-corrected chi connectivity index (χ1v) is 12.5. The molecule has 3 aromatic rings. The second-order valence-electron chi connectivity index (χ2n) is 8.56. The summed E-state index contributed by atoms with van der Waals surface area (Å²) in [6.07, 6.45) is 10.2. The van der Waals surface area contributed by atoms with Gasteiger partial charge in [-0.25, -0.2) is 18.2 Å². The van der Waals surface area contributed by atoms with Crippen LogP contribution in [0.3, 0.4) is 0 Å².